The van der Waals surface area contributed by atoms with E-state index in [0.29, 0.717) is 6.54 Å². The van der Waals surface area contributed by atoms with Gasteiger partial charge in [0.1, 0.15) is 6.54 Å². The third kappa shape index (κ3) is 5.01. The van der Waals surface area contributed by atoms with Gasteiger partial charge in [-0.15, -0.1) is 0 Å². The van der Waals surface area contributed by atoms with Crippen LogP contribution >= 0.6 is 11.3 Å². The van der Waals surface area contributed by atoms with Crippen LogP contribution in [-0.2, 0) is 11.3 Å². The average Bonchev–Trinajstić information content (AvgIpc) is 2.65. The minimum absolute atomic E-state index is 0.0920. The molecule has 0 fully saturated rings. The van der Waals surface area contributed by atoms with Crippen LogP contribution < -0.4 is 10.2 Å². The Morgan fingerprint density at radius 2 is 2.11 bits per heavy atom. The Bertz CT molecular complexity index is 425. The number of unbranched alkanes of at least 4 members (excludes halogenated alkanes) is 3. The molecule has 102 valence electrons. The van der Waals surface area contributed by atoms with E-state index in [4.69, 9.17) is 5.11 Å². The van der Waals surface area contributed by atoms with Crippen molar-refractivity contribution in [2.45, 2.75) is 39.2 Å². The Hall–Kier alpha value is -1.14. The van der Waals surface area contributed by atoms with Gasteiger partial charge >= 0.3 is 4.87 Å². The van der Waals surface area contributed by atoms with Gasteiger partial charge in [0.15, 0.2) is 0 Å². The molecule has 0 saturated carbocycles. The maximum atomic E-state index is 11.6. The highest BCUT2D eigenvalue weighted by Gasteiger charge is 2.07. The van der Waals surface area contributed by atoms with Crippen molar-refractivity contribution in [2.75, 3.05) is 13.2 Å². The SMILES string of the molecule is Cc1csc(=O)n1CC(=O)NCCCCCCO. The molecule has 1 aromatic heterocycles. The number of aryl methyl sites for hydroxylation is 1. The molecule has 0 aromatic carbocycles. The Labute approximate surface area is 110 Å². The van der Waals surface area contributed by atoms with Crippen LogP contribution in [0.15, 0.2) is 10.2 Å². The van der Waals surface area contributed by atoms with Crippen LogP contribution in [0.3, 0.4) is 0 Å². The van der Waals surface area contributed by atoms with E-state index in [9.17, 15) is 9.59 Å². The molecular weight excluding hydrogens is 252 g/mol. The summed E-state index contributed by atoms with van der Waals surface area (Å²) in [6, 6.07) is 0. The van der Waals surface area contributed by atoms with Gasteiger partial charge in [0, 0.05) is 24.2 Å². The lowest BCUT2D eigenvalue weighted by molar-refractivity contribution is -0.121. The van der Waals surface area contributed by atoms with Crippen molar-refractivity contribution in [3.63, 3.8) is 0 Å². The molecule has 0 aliphatic carbocycles. The van der Waals surface area contributed by atoms with Gasteiger partial charge in [-0.3, -0.25) is 14.2 Å². The number of aliphatic hydroxyl groups excluding tert-OH is 1. The number of carbonyl (C=O) groups is 1. The number of aromatic nitrogens is 1. The summed E-state index contributed by atoms with van der Waals surface area (Å²) in [7, 11) is 0. The third-order valence-corrected chi connectivity index (χ3v) is 3.57. The standard InChI is InChI=1S/C12H20N2O3S/c1-10-9-18-12(17)14(10)8-11(16)13-6-4-2-3-5-7-15/h9,15H,2-8H2,1H3,(H,13,16). The number of hydrogen-bond acceptors (Lipinski definition) is 4. The molecule has 0 atom stereocenters. The van der Waals surface area contributed by atoms with Gasteiger partial charge in [-0.2, -0.15) is 0 Å². The average molecular weight is 272 g/mol. The zero-order valence-corrected chi connectivity index (χ0v) is 11.5. The van der Waals surface area contributed by atoms with Crippen LogP contribution in [0.5, 0.6) is 0 Å². The van der Waals surface area contributed by atoms with Gasteiger partial charge in [-0.05, 0) is 19.8 Å². The first-order valence-corrected chi connectivity index (χ1v) is 7.05. The molecular formula is C12H20N2O3S. The molecule has 0 aliphatic heterocycles. The number of carbonyl (C=O) groups excluding carboxylic acids is 1. The van der Waals surface area contributed by atoms with Gasteiger partial charge in [0.2, 0.25) is 5.91 Å². The van der Waals surface area contributed by atoms with Crippen molar-refractivity contribution < 1.29 is 9.90 Å². The minimum Gasteiger partial charge on any atom is -0.396 e. The van der Waals surface area contributed by atoms with Crippen LogP contribution in [-0.4, -0.2) is 28.7 Å². The summed E-state index contributed by atoms with van der Waals surface area (Å²) in [5.74, 6) is -0.124. The Morgan fingerprint density at radius 1 is 1.39 bits per heavy atom. The fourth-order valence-corrected chi connectivity index (χ4v) is 2.35. The second-order valence-corrected chi connectivity index (χ2v) is 5.04. The molecule has 1 aromatic rings. The van der Waals surface area contributed by atoms with Crippen molar-refractivity contribution >= 4 is 17.2 Å². The van der Waals surface area contributed by atoms with E-state index in [1.807, 2.05) is 6.92 Å². The lowest BCUT2D eigenvalue weighted by Crippen LogP contribution is -2.31. The Balaban J connectivity index is 2.20. The molecule has 0 unspecified atom stereocenters. The van der Waals surface area contributed by atoms with Gasteiger partial charge in [0.05, 0.1) is 0 Å². The monoisotopic (exact) mass is 272 g/mol. The number of thiazole rings is 1. The van der Waals surface area contributed by atoms with E-state index in [-0.39, 0.29) is 23.9 Å². The normalized spacial score (nSPS) is 10.6. The molecule has 0 spiro atoms. The highest BCUT2D eigenvalue weighted by atomic mass is 32.1. The van der Waals surface area contributed by atoms with Crippen molar-refractivity contribution in [1.82, 2.24) is 9.88 Å². The zero-order chi connectivity index (χ0) is 13.4. The Morgan fingerprint density at radius 3 is 2.72 bits per heavy atom. The number of nitrogens with zero attached hydrogens (tertiary/aromatic N) is 1. The molecule has 1 heterocycles. The maximum Gasteiger partial charge on any atom is 0.307 e. The fourth-order valence-electron chi connectivity index (χ4n) is 1.61. The Kier molecular flexibility index (Phi) is 6.67. The highest BCUT2D eigenvalue weighted by Crippen LogP contribution is 2.00. The van der Waals surface area contributed by atoms with E-state index >= 15 is 0 Å². The van der Waals surface area contributed by atoms with E-state index < -0.39 is 0 Å². The highest BCUT2D eigenvalue weighted by molar-refractivity contribution is 7.07. The fraction of sp³-hybridized carbons (Fsp3) is 0.667. The number of nitrogens with one attached hydrogen (secondary N) is 1. The summed E-state index contributed by atoms with van der Waals surface area (Å²) >= 11 is 1.11. The molecule has 18 heavy (non-hydrogen) atoms. The number of rotatable bonds is 8. The summed E-state index contributed by atoms with van der Waals surface area (Å²) in [4.78, 5) is 22.9. The maximum absolute atomic E-state index is 11.6. The first-order valence-electron chi connectivity index (χ1n) is 6.17. The lowest BCUT2D eigenvalue weighted by Gasteiger charge is -2.06. The number of hydrogen-bond donors (Lipinski definition) is 2. The predicted octanol–water partition coefficient (Wildman–Crippen LogP) is 0.887. The second-order valence-electron chi connectivity index (χ2n) is 4.22. The molecule has 0 saturated heterocycles. The van der Waals surface area contributed by atoms with Crippen LogP contribution in [0, 0.1) is 6.92 Å². The van der Waals surface area contributed by atoms with Crippen LogP contribution in [0.1, 0.15) is 31.4 Å². The molecule has 1 amide bonds. The molecule has 0 aliphatic rings. The first-order chi connectivity index (χ1) is 8.65. The first kappa shape index (κ1) is 14.9. The van der Waals surface area contributed by atoms with Crippen LogP contribution in [0.4, 0.5) is 0 Å². The van der Waals surface area contributed by atoms with Crippen molar-refractivity contribution in [2.24, 2.45) is 0 Å². The minimum atomic E-state index is -0.124. The van der Waals surface area contributed by atoms with E-state index in [1.54, 1.807) is 5.38 Å². The summed E-state index contributed by atoms with van der Waals surface area (Å²) in [5.41, 5.74) is 0.822. The summed E-state index contributed by atoms with van der Waals surface area (Å²) in [6.45, 7) is 2.78. The van der Waals surface area contributed by atoms with Gasteiger partial charge in [-0.1, -0.05) is 24.2 Å². The smallest absolute Gasteiger partial charge is 0.307 e. The lowest BCUT2D eigenvalue weighted by atomic mass is 10.2. The molecule has 0 bridgehead atoms. The largest absolute Gasteiger partial charge is 0.396 e. The molecule has 1 rings (SSSR count). The summed E-state index contributed by atoms with van der Waals surface area (Å²) < 4.78 is 1.48. The summed E-state index contributed by atoms with van der Waals surface area (Å²) in [6.07, 6.45) is 3.70. The van der Waals surface area contributed by atoms with Crippen LogP contribution in [0.2, 0.25) is 0 Å². The van der Waals surface area contributed by atoms with Crippen molar-refractivity contribution in [3.8, 4) is 0 Å². The second kappa shape index (κ2) is 8.05. The predicted molar refractivity (Wildman–Crippen MR) is 71.9 cm³/mol. The topological polar surface area (TPSA) is 71.3 Å². The third-order valence-electron chi connectivity index (χ3n) is 2.69. The number of aliphatic hydroxyl groups is 1. The van der Waals surface area contributed by atoms with E-state index in [2.05, 4.69) is 5.32 Å². The van der Waals surface area contributed by atoms with Gasteiger partial charge in [0.25, 0.3) is 0 Å². The molecule has 0 radical (unpaired) electrons. The summed E-state index contributed by atoms with van der Waals surface area (Å²) in [5, 5.41) is 13.2. The molecule has 5 nitrogen and oxygen atoms in total. The van der Waals surface area contributed by atoms with Gasteiger partial charge < -0.3 is 10.4 Å². The molecule has 6 heteroatoms. The number of amides is 1. The van der Waals surface area contributed by atoms with Crippen molar-refractivity contribution in [3.05, 3.63) is 20.7 Å². The van der Waals surface area contributed by atoms with Crippen molar-refractivity contribution in [1.29, 1.82) is 0 Å². The quantitative estimate of drug-likeness (QED) is 0.690. The van der Waals surface area contributed by atoms with E-state index in [1.165, 1.54) is 4.57 Å². The molecule has 2 N–H and O–H groups in total. The van der Waals surface area contributed by atoms with E-state index in [0.717, 1.165) is 42.7 Å². The van der Waals surface area contributed by atoms with Crippen LogP contribution in [0.25, 0.3) is 0 Å². The van der Waals surface area contributed by atoms with Gasteiger partial charge in [-0.25, -0.2) is 0 Å². The zero-order valence-electron chi connectivity index (χ0n) is 10.6.